The molecule has 1 aliphatic carbocycles. The van der Waals surface area contributed by atoms with Gasteiger partial charge in [-0.3, -0.25) is 0 Å². The summed E-state index contributed by atoms with van der Waals surface area (Å²) in [5.74, 6) is 2.36. The number of aliphatic hydroxyl groups is 12. The summed E-state index contributed by atoms with van der Waals surface area (Å²) < 4.78 is 70.8. The Kier molecular flexibility index (Phi) is 21.3. The maximum atomic E-state index is 10.5. The largest absolute Gasteiger partial charge is 0.490 e. The van der Waals surface area contributed by atoms with Crippen LogP contribution >= 0.6 is 0 Å². The number of hydrogen-bond donors (Lipinski definition) is 12. The van der Waals surface area contributed by atoms with Crippen molar-refractivity contribution < 1.29 is 118 Å². The summed E-state index contributed by atoms with van der Waals surface area (Å²) in [4.78, 5) is 0. The molecule has 0 bridgehead atoms. The van der Waals surface area contributed by atoms with Crippen molar-refractivity contribution in [2.75, 3.05) is 79.3 Å². The van der Waals surface area contributed by atoms with E-state index in [0.29, 0.717) is 53.8 Å². The van der Waals surface area contributed by atoms with E-state index in [2.05, 4.69) is 0 Å². The monoisotopic (exact) mass is 1070 g/mol. The van der Waals surface area contributed by atoms with Crippen molar-refractivity contribution in [3.63, 3.8) is 0 Å². The lowest BCUT2D eigenvalue weighted by molar-refractivity contribution is -0.301. The molecule has 0 spiro atoms. The van der Waals surface area contributed by atoms with Gasteiger partial charge in [0.05, 0.1) is 59.5 Å². The van der Waals surface area contributed by atoms with E-state index < -0.39 is 112 Å². The van der Waals surface area contributed by atoms with E-state index in [0.717, 1.165) is 33.4 Å². The minimum absolute atomic E-state index is 0.0659. The van der Waals surface area contributed by atoms with Crippen LogP contribution in [-0.4, -0.2) is 233 Å². The van der Waals surface area contributed by atoms with Gasteiger partial charge in [0.25, 0.3) is 0 Å². The van der Waals surface area contributed by atoms with Crippen LogP contribution in [0.2, 0.25) is 0 Å². The number of ether oxygens (including phenoxy) is 12. The van der Waals surface area contributed by atoms with Gasteiger partial charge in [0, 0.05) is 0 Å². The molecule has 3 heterocycles. The van der Waals surface area contributed by atoms with Gasteiger partial charge in [-0.15, -0.1) is 0 Å². The fourth-order valence-corrected chi connectivity index (χ4v) is 9.24. The summed E-state index contributed by atoms with van der Waals surface area (Å²) in [5.41, 5.74) is 5.11. The number of aliphatic hydroxyl groups excluding tert-OH is 12. The quantitative estimate of drug-likeness (QED) is 0.0324. The summed E-state index contributed by atoms with van der Waals surface area (Å²) >= 11 is 0. The topological polar surface area (TPSA) is 354 Å². The number of rotatable bonds is 24. The Balaban J connectivity index is 1.18. The predicted molar refractivity (Wildman–Crippen MR) is 257 cm³/mol. The van der Waals surface area contributed by atoms with Crippen molar-refractivity contribution in [2.45, 2.75) is 132 Å². The van der Waals surface area contributed by atoms with Crippen molar-refractivity contribution in [3.05, 3.63) is 69.8 Å². The second-order valence-corrected chi connectivity index (χ2v) is 18.3. The van der Waals surface area contributed by atoms with E-state index in [9.17, 15) is 61.3 Å². The van der Waals surface area contributed by atoms with Gasteiger partial charge in [-0.25, -0.2) is 0 Å². The SMILES string of the molecule is CCOc1cc2c(cc1OCCO[C@@H]1O[C@H](CO)[C@@H](O)[C@H](O)[C@H]1O)Cc1cc(OCC)c(OCCO[C@@H]3O[C@H](CO)[C@@H](O)[C@H](O)[C@H]3O)cc1Cc1cc(OCC)c(OCCO[C@@H]3O[C@H](CO)[C@@H](O)[C@H](O)[C@H]3O)cc1C2. The third kappa shape index (κ3) is 13.9. The van der Waals surface area contributed by atoms with E-state index in [4.69, 9.17) is 56.8 Å². The highest BCUT2D eigenvalue weighted by Gasteiger charge is 2.46. The predicted octanol–water partition coefficient (Wildman–Crippen LogP) is -2.45. The normalized spacial score (nSPS) is 30.7. The highest BCUT2D eigenvalue weighted by atomic mass is 16.7. The van der Waals surface area contributed by atoms with Crippen LogP contribution in [0.3, 0.4) is 0 Å². The lowest BCUT2D eigenvalue weighted by Gasteiger charge is -2.39. The van der Waals surface area contributed by atoms with Gasteiger partial charge in [-0.05, 0) is 110 Å². The van der Waals surface area contributed by atoms with Gasteiger partial charge in [0.15, 0.2) is 53.4 Å². The summed E-state index contributed by atoms with van der Waals surface area (Å²) in [6.45, 7) is 3.90. The molecule has 7 rings (SSSR count). The Morgan fingerprint density at radius 1 is 0.333 bits per heavy atom. The first-order valence-corrected chi connectivity index (χ1v) is 25.1. The fraction of sp³-hybridized carbons (Fsp3) is 0.647. The molecule has 0 radical (unpaired) electrons. The number of fused-ring (bicyclic) bond motifs is 3. The van der Waals surface area contributed by atoms with Gasteiger partial charge in [-0.2, -0.15) is 0 Å². The molecule has 4 aliphatic rings. The highest BCUT2D eigenvalue weighted by molar-refractivity contribution is 5.58. The zero-order valence-electron chi connectivity index (χ0n) is 42.0. The average molecular weight is 1070 g/mol. The molecule has 420 valence electrons. The summed E-state index contributed by atoms with van der Waals surface area (Å²) in [7, 11) is 0. The van der Waals surface area contributed by atoms with Crippen LogP contribution in [-0.2, 0) is 47.7 Å². The standard InChI is InChI=1S/C51H72O24/c1-4-64-31-16-25-13-29-20-35(68-8-11-71-50-47(62)44(59)41(56)38(23-53)74-50)33(66-6-3)18-27(29)15-30-21-36(69-9-12-72-51-48(63)45(60)42(57)39(24-54)75-51)32(65-5-2)17-26(30)14-28(25)19-34(31)67-7-10-70-49-46(61)43(58)40(55)37(22-52)73-49/h16-21,37-63H,4-15,22-24H2,1-3H3/t37-,38-,39-,40-,41-,42-,43+,44+,45+,46-,47-,48-,49-,50-,51-/m1/s1. The van der Waals surface area contributed by atoms with Crippen molar-refractivity contribution in [1.82, 2.24) is 0 Å². The number of benzene rings is 3. The molecule has 3 aromatic carbocycles. The van der Waals surface area contributed by atoms with Crippen LogP contribution in [0.25, 0.3) is 0 Å². The molecule has 24 nitrogen and oxygen atoms in total. The van der Waals surface area contributed by atoms with Crippen LogP contribution in [0, 0.1) is 0 Å². The Morgan fingerprint density at radius 3 is 0.773 bits per heavy atom. The minimum Gasteiger partial charge on any atom is -0.490 e. The Hall–Kier alpha value is -4.26. The Bertz CT molecular complexity index is 2020. The smallest absolute Gasteiger partial charge is 0.186 e. The van der Waals surface area contributed by atoms with Crippen LogP contribution < -0.4 is 28.4 Å². The van der Waals surface area contributed by atoms with Crippen molar-refractivity contribution in [2.24, 2.45) is 0 Å². The molecular formula is C51H72O24. The molecule has 3 fully saturated rings. The zero-order valence-corrected chi connectivity index (χ0v) is 42.0. The van der Waals surface area contributed by atoms with Gasteiger partial charge < -0.3 is 118 Å². The molecule has 3 aliphatic heterocycles. The first-order chi connectivity index (χ1) is 36.1. The van der Waals surface area contributed by atoms with Gasteiger partial charge in [0.1, 0.15) is 93.1 Å². The molecule has 12 N–H and O–H groups in total. The maximum Gasteiger partial charge on any atom is 0.186 e. The Morgan fingerprint density at radius 2 is 0.560 bits per heavy atom. The Labute approximate surface area is 432 Å². The van der Waals surface area contributed by atoms with Crippen molar-refractivity contribution in [1.29, 1.82) is 0 Å². The van der Waals surface area contributed by atoms with Crippen LogP contribution in [0.15, 0.2) is 36.4 Å². The molecule has 0 saturated carbocycles. The van der Waals surface area contributed by atoms with Crippen LogP contribution in [0.5, 0.6) is 34.5 Å². The average Bonchev–Trinajstić information content (AvgIpc) is 3.45. The van der Waals surface area contributed by atoms with E-state index >= 15 is 0 Å². The van der Waals surface area contributed by atoms with Gasteiger partial charge in [-0.1, -0.05) is 0 Å². The van der Waals surface area contributed by atoms with E-state index in [-0.39, 0.29) is 59.5 Å². The third-order valence-electron chi connectivity index (χ3n) is 13.3. The van der Waals surface area contributed by atoms with E-state index in [1.165, 1.54) is 0 Å². The first kappa shape index (κ1) is 58.4. The minimum atomic E-state index is -1.62. The second kappa shape index (κ2) is 27.4. The van der Waals surface area contributed by atoms with Gasteiger partial charge in [0.2, 0.25) is 0 Å². The molecule has 0 amide bonds. The van der Waals surface area contributed by atoms with Crippen LogP contribution in [0.1, 0.15) is 54.2 Å². The molecule has 15 atom stereocenters. The first-order valence-electron chi connectivity index (χ1n) is 25.1. The molecule has 0 unspecified atom stereocenters. The lowest BCUT2D eigenvalue weighted by Crippen LogP contribution is -2.59. The summed E-state index contributed by atoms with van der Waals surface area (Å²) in [6, 6.07) is 11.3. The molecule has 3 aromatic rings. The fourth-order valence-electron chi connectivity index (χ4n) is 9.24. The summed E-state index contributed by atoms with van der Waals surface area (Å²) in [5, 5.41) is 122. The molecule has 24 heteroatoms. The molecule has 75 heavy (non-hydrogen) atoms. The summed E-state index contributed by atoms with van der Waals surface area (Å²) in [6.07, 6.45) is -20.7. The zero-order chi connectivity index (χ0) is 53.9. The molecular weight excluding hydrogens is 997 g/mol. The van der Waals surface area contributed by atoms with Crippen molar-refractivity contribution in [3.8, 4) is 34.5 Å². The second-order valence-electron chi connectivity index (χ2n) is 18.3. The third-order valence-corrected chi connectivity index (χ3v) is 13.3. The van der Waals surface area contributed by atoms with Crippen LogP contribution in [0.4, 0.5) is 0 Å². The number of hydrogen-bond acceptors (Lipinski definition) is 24. The van der Waals surface area contributed by atoms with E-state index in [1.54, 1.807) is 0 Å². The van der Waals surface area contributed by atoms with Gasteiger partial charge >= 0.3 is 0 Å². The lowest BCUT2D eigenvalue weighted by atomic mass is 9.94. The maximum absolute atomic E-state index is 10.5. The van der Waals surface area contributed by atoms with E-state index in [1.807, 2.05) is 57.2 Å². The molecule has 0 aromatic heterocycles. The highest BCUT2D eigenvalue weighted by Crippen LogP contribution is 2.42. The van der Waals surface area contributed by atoms with Crippen molar-refractivity contribution >= 4 is 0 Å². The molecule has 3 saturated heterocycles.